The Balaban J connectivity index is 2.49. The molecule has 0 saturated heterocycles. The van der Waals surface area contributed by atoms with Crippen LogP contribution in [0.5, 0.6) is 5.75 Å². The number of hydrogen-bond acceptors (Lipinski definition) is 2. The van der Waals surface area contributed by atoms with Crippen LogP contribution >= 0.6 is 11.6 Å². The van der Waals surface area contributed by atoms with Crippen molar-refractivity contribution in [3.63, 3.8) is 0 Å². The fourth-order valence-electron chi connectivity index (χ4n) is 1.63. The molecular weight excluding hydrogens is 258 g/mol. The van der Waals surface area contributed by atoms with E-state index in [0.29, 0.717) is 16.9 Å². The summed E-state index contributed by atoms with van der Waals surface area (Å²) in [5, 5.41) is 4.11. The van der Waals surface area contributed by atoms with Gasteiger partial charge in [-0.2, -0.15) is 0 Å². The van der Waals surface area contributed by atoms with Gasteiger partial charge in [0.15, 0.2) is 0 Å². The van der Waals surface area contributed by atoms with Crippen molar-refractivity contribution in [1.29, 1.82) is 0 Å². The Morgan fingerprint density at radius 3 is 2.58 bits per heavy atom. The van der Waals surface area contributed by atoms with Gasteiger partial charge in [-0.1, -0.05) is 51.8 Å². The van der Waals surface area contributed by atoms with Crippen LogP contribution in [0, 0.1) is 11.8 Å². The van der Waals surface area contributed by atoms with E-state index in [1.165, 1.54) is 5.56 Å². The van der Waals surface area contributed by atoms with E-state index in [0.717, 1.165) is 31.9 Å². The van der Waals surface area contributed by atoms with Gasteiger partial charge in [0.25, 0.3) is 0 Å². The standard InChI is InChI=1S/C16H26ClNO/c1-5-13(4)11-19-16-7-6-14(8-15(16)17)10-18-9-12(2)3/h6-8,12-13,18H,5,9-11H2,1-4H3. The third-order valence-electron chi connectivity index (χ3n) is 3.10. The van der Waals surface area contributed by atoms with Crippen LogP contribution in [0.3, 0.4) is 0 Å². The van der Waals surface area contributed by atoms with E-state index in [1.54, 1.807) is 0 Å². The van der Waals surface area contributed by atoms with E-state index < -0.39 is 0 Å². The van der Waals surface area contributed by atoms with Crippen molar-refractivity contribution in [2.45, 2.75) is 40.7 Å². The van der Waals surface area contributed by atoms with Gasteiger partial charge in [0.2, 0.25) is 0 Å². The molecule has 3 heteroatoms. The second-order valence-corrected chi connectivity index (χ2v) is 6.02. The van der Waals surface area contributed by atoms with Gasteiger partial charge in [0.05, 0.1) is 11.6 Å². The van der Waals surface area contributed by atoms with Crippen LogP contribution in [0.4, 0.5) is 0 Å². The summed E-state index contributed by atoms with van der Waals surface area (Å²) in [6.07, 6.45) is 1.12. The number of halogens is 1. The summed E-state index contributed by atoms with van der Waals surface area (Å²) in [4.78, 5) is 0. The van der Waals surface area contributed by atoms with Crippen molar-refractivity contribution in [3.8, 4) is 5.75 Å². The zero-order chi connectivity index (χ0) is 14.3. The lowest BCUT2D eigenvalue weighted by atomic mass is 10.1. The van der Waals surface area contributed by atoms with Crippen LogP contribution in [0.1, 0.15) is 39.7 Å². The van der Waals surface area contributed by atoms with Gasteiger partial charge in [0, 0.05) is 6.54 Å². The smallest absolute Gasteiger partial charge is 0.137 e. The van der Waals surface area contributed by atoms with Gasteiger partial charge in [-0.3, -0.25) is 0 Å². The predicted molar refractivity (Wildman–Crippen MR) is 82.9 cm³/mol. The molecule has 0 aliphatic heterocycles. The number of nitrogens with one attached hydrogen (secondary N) is 1. The highest BCUT2D eigenvalue weighted by molar-refractivity contribution is 6.32. The minimum atomic E-state index is 0.559. The molecule has 1 aromatic rings. The largest absolute Gasteiger partial charge is 0.492 e. The molecule has 0 amide bonds. The topological polar surface area (TPSA) is 21.3 Å². The molecule has 0 bridgehead atoms. The van der Waals surface area contributed by atoms with Crippen molar-refractivity contribution < 1.29 is 4.74 Å². The molecule has 0 aromatic heterocycles. The molecule has 0 fully saturated rings. The zero-order valence-electron chi connectivity index (χ0n) is 12.5. The summed E-state index contributed by atoms with van der Waals surface area (Å²) in [5.74, 6) is 2.01. The Hall–Kier alpha value is -0.730. The maximum absolute atomic E-state index is 6.24. The first-order chi connectivity index (χ1) is 9.02. The van der Waals surface area contributed by atoms with E-state index in [1.807, 2.05) is 12.1 Å². The number of ether oxygens (including phenoxy) is 1. The van der Waals surface area contributed by atoms with Gasteiger partial charge in [0.1, 0.15) is 5.75 Å². The van der Waals surface area contributed by atoms with Gasteiger partial charge >= 0.3 is 0 Å². The van der Waals surface area contributed by atoms with Crippen molar-refractivity contribution in [2.24, 2.45) is 11.8 Å². The zero-order valence-corrected chi connectivity index (χ0v) is 13.3. The Morgan fingerprint density at radius 2 is 2.00 bits per heavy atom. The van der Waals surface area contributed by atoms with Crippen molar-refractivity contribution >= 4 is 11.6 Å². The lowest BCUT2D eigenvalue weighted by Crippen LogP contribution is -2.18. The molecule has 108 valence electrons. The molecule has 0 aliphatic rings. The average molecular weight is 284 g/mol. The molecule has 0 aliphatic carbocycles. The van der Waals surface area contributed by atoms with Crippen LogP contribution in [0.15, 0.2) is 18.2 Å². The quantitative estimate of drug-likeness (QED) is 0.758. The van der Waals surface area contributed by atoms with Crippen LogP contribution in [-0.4, -0.2) is 13.2 Å². The maximum Gasteiger partial charge on any atom is 0.137 e. The molecule has 0 saturated carbocycles. The van der Waals surface area contributed by atoms with Crippen LogP contribution in [-0.2, 0) is 6.54 Å². The lowest BCUT2D eigenvalue weighted by Gasteiger charge is -2.13. The molecule has 1 N–H and O–H groups in total. The number of rotatable bonds is 8. The Labute approximate surface area is 122 Å². The SMILES string of the molecule is CCC(C)COc1ccc(CNCC(C)C)cc1Cl. The molecular formula is C16H26ClNO. The summed E-state index contributed by atoms with van der Waals surface area (Å²) < 4.78 is 5.73. The summed E-state index contributed by atoms with van der Waals surface area (Å²) in [6, 6.07) is 6.03. The van der Waals surface area contributed by atoms with Gasteiger partial charge in [-0.25, -0.2) is 0 Å². The fraction of sp³-hybridized carbons (Fsp3) is 0.625. The molecule has 0 heterocycles. The summed E-state index contributed by atoms with van der Waals surface area (Å²) in [6.45, 7) is 11.3. The normalized spacial score (nSPS) is 12.7. The molecule has 1 aromatic carbocycles. The summed E-state index contributed by atoms with van der Waals surface area (Å²) in [7, 11) is 0. The average Bonchev–Trinajstić information content (AvgIpc) is 2.37. The second kappa shape index (κ2) is 8.44. The molecule has 1 unspecified atom stereocenters. The van der Waals surface area contributed by atoms with Gasteiger partial charge < -0.3 is 10.1 Å². The maximum atomic E-state index is 6.24. The van der Waals surface area contributed by atoms with Gasteiger partial charge in [-0.15, -0.1) is 0 Å². The van der Waals surface area contributed by atoms with Crippen LogP contribution in [0.25, 0.3) is 0 Å². The minimum absolute atomic E-state index is 0.559. The predicted octanol–water partition coefficient (Wildman–Crippen LogP) is 4.51. The molecule has 2 nitrogen and oxygen atoms in total. The highest BCUT2D eigenvalue weighted by Gasteiger charge is 2.05. The minimum Gasteiger partial charge on any atom is -0.492 e. The Kier molecular flexibility index (Phi) is 7.25. The van der Waals surface area contributed by atoms with E-state index in [-0.39, 0.29) is 0 Å². The summed E-state index contributed by atoms with van der Waals surface area (Å²) in [5.41, 5.74) is 1.20. The first-order valence-corrected chi connectivity index (χ1v) is 7.52. The summed E-state index contributed by atoms with van der Waals surface area (Å²) >= 11 is 6.24. The molecule has 0 radical (unpaired) electrons. The van der Waals surface area contributed by atoms with Crippen molar-refractivity contribution in [2.75, 3.05) is 13.2 Å². The Bertz CT molecular complexity index is 379. The van der Waals surface area contributed by atoms with Crippen molar-refractivity contribution in [1.82, 2.24) is 5.32 Å². The van der Waals surface area contributed by atoms with Crippen LogP contribution in [0.2, 0.25) is 5.02 Å². The van der Waals surface area contributed by atoms with Crippen molar-refractivity contribution in [3.05, 3.63) is 28.8 Å². The third-order valence-corrected chi connectivity index (χ3v) is 3.39. The fourth-order valence-corrected chi connectivity index (χ4v) is 1.88. The second-order valence-electron chi connectivity index (χ2n) is 5.61. The number of benzene rings is 1. The first kappa shape index (κ1) is 16.3. The van der Waals surface area contributed by atoms with E-state index in [9.17, 15) is 0 Å². The first-order valence-electron chi connectivity index (χ1n) is 7.14. The monoisotopic (exact) mass is 283 g/mol. The van der Waals surface area contributed by atoms with E-state index in [4.69, 9.17) is 16.3 Å². The highest BCUT2D eigenvalue weighted by Crippen LogP contribution is 2.26. The van der Waals surface area contributed by atoms with Crippen LogP contribution < -0.4 is 10.1 Å². The van der Waals surface area contributed by atoms with E-state index in [2.05, 4.69) is 39.1 Å². The molecule has 1 atom stereocenters. The molecule has 0 spiro atoms. The highest BCUT2D eigenvalue weighted by atomic mass is 35.5. The number of hydrogen-bond donors (Lipinski definition) is 1. The lowest BCUT2D eigenvalue weighted by molar-refractivity contribution is 0.256. The van der Waals surface area contributed by atoms with E-state index >= 15 is 0 Å². The van der Waals surface area contributed by atoms with Gasteiger partial charge in [-0.05, 0) is 36.1 Å². The third kappa shape index (κ3) is 6.31. The molecule has 19 heavy (non-hydrogen) atoms. The molecule has 1 rings (SSSR count). The Morgan fingerprint density at radius 1 is 1.26 bits per heavy atom.